The highest BCUT2D eigenvalue weighted by molar-refractivity contribution is 5.10. The summed E-state index contributed by atoms with van der Waals surface area (Å²) in [5.41, 5.74) is 7.80. The van der Waals surface area contributed by atoms with E-state index in [0.29, 0.717) is 5.41 Å². The predicted octanol–water partition coefficient (Wildman–Crippen LogP) is 3.20. The summed E-state index contributed by atoms with van der Waals surface area (Å²) in [6.45, 7) is 1.97. The van der Waals surface area contributed by atoms with Crippen molar-refractivity contribution in [2.75, 3.05) is 0 Å². The van der Waals surface area contributed by atoms with Gasteiger partial charge in [0, 0.05) is 0 Å². The van der Waals surface area contributed by atoms with Gasteiger partial charge >= 0.3 is 0 Å². The minimum atomic E-state index is 0.0135. The molecule has 5 rings (SSSR count). The molecular weight excluding hydrogens is 224 g/mol. The fourth-order valence-corrected chi connectivity index (χ4v) is 5.34. The molecule has 0 spiro atoms. The van der Waals surface area contributed by atoms with Gasteiger partial charge in [-0.15, -0.1) is 0 Å². The number of aromatic nitrogens is 1. The molecule has 4 aliphatic rings. The Kier molecular flexibility index (Phi) is 2.20. The van der Waals surface area contributed by atoms with Crippen molar-refractivity contribution in [3.05, 3.63) is 17.8 Å². The number of oxazole rings is 1. The van der Waals surface area contributed by atoms with Gasteiger partial charge in [0.1, 0.15) is 6.26 Å². The van der Waals surface area contributed by atoms with E-state index in [1.54, 1.807) is 6.26 Å². The van der Waals surface area contributed by atoms with Gasteiger partial charge in [-0.25, -0.2) is 4.98 Å². The SMILES string of the molecule is Cc1coc(C(N)C23CC4CC(CC(C4)C2)C3)n1. The van der Waals surface area contributed by atoms with Crippen molar-refractivity contribution in [3.8, 4) is 0 Å². The molecule has 1 heterocycles. The third kappa shape index (κ3) is 1.49. The average Bonchev–Trinajstić information content (AvgIpc) is 2.73. The van der Waals surface area contributed by atoms with E-state index in [1.807, 2.05) is 6.92 Å². The number of aryl methyl sites for hydroxylation is 1. The average molecular weight is 246 g/mol. The fraction of sp³-hybridized carbons (Fsp3) is 0.800. The maximum absolute atomic E-state index is 6.55. The number of rotatable bonds is 2. The lowest BCUT2D eigenvalue weighted by Crippen LogP contribution is -2.50. The highest BCUT2D eigenvalue weighted by Crippen LogP contribution is 2.63. The largest absolute Gasteiger partial charge is 0.447 e. The van der Waals surface area contributed by atoms with Crippen molar-refractivity contribution in [2.24, 2.45) is 28.9 Å². The normalized spacial score (nSPS) is 43.3. The molecule has 1 unspecified atom stereocenters. The van der Waals surface area contributed by atoms with Crippen LogP contribution in [-0.2, 0) is 0 Å². The first-order valence-corrected chi connectivity index (χ1v) is 7.32. The number of nitrogens with two attached hydrogens (primary N) is 1. The van der Waals surface area contributed by atoms with Crippen molar-refractivity contribution < 1.29 is 4.42 Å². The van der Waals surface area contributed by atoms with Gasteiger partial charge in [-0.05, 0) is 68.6 Å². The maximum Gasteiger partial charge on any atom is 0.211 e. The molecule has 0 amide bonds. The van der Waals surface area contributed by atoms with Crippen LogP contribution in [0.5, 0.6) is 0 Å². The number of hydrogen-bond acceptors (Lipinski definition) is 3. The molecule has 3 nitrogen and oxygen atoms in total. The molecule has 1 atom stereocenters. The van der Waals surface area contributed by atoms with Gasteiger partial charge < -0.3 is 10.2 Å². The van der Waals surface area contributed by atoms with Gasteiger partial charge in [-0.1, -0.05) is 0 Å². The lowest BCUT2D eigenvalue weighted by atomic mass is 9.48. The van der Waals surface area contributed by atoms with Crippen LogP contribution in [0.4, 0.5) is 0 Å². The van der Waals surface area contributed by atoms with Crippen LogP contribution in [-0.4, -0.2) is 4.98 Å². The van der Waals surface area contributed by atoms with Crippen LogP contribution in [0, 0.1) is 30.1 Å². The Balaban J connectivity index is 1.67. The summed E-state index contributed by atoms with van der Waals surface area (Å²) in [7, 11) is 0. The zero-order chi connectivity index (χ0) is 12.3. The fourth-order valence-electron chi connectivity index (χ4n) is 5.34. The molecule has 4 aliphatic carbocycles. The third-order valence-electron chi connectivity index (χ3n) is 5.65. The van der Waals surface area contributed by atoms with Gasteiger partial charge in [-0.2, -0.15) is 0 Å². The van der Waals surface area contributed by atoms with Gasteiger partial charge in [0.2, 0.25) is 5.89 Å². The summed E-state index contributed by atoms with van der Waals surface area (Å²) in [5.74, 6) is 3.56. The van der Waals surface area contributed by atoms with E-state index in [4.69, 9.17) is 10.2 Å². The van der Waals surface area contributed by atoms with E-state index in [1.165, 1.54) is 38.5 Å². The Morgan fingerprint density at radius 3 is 2.22 bits per heavy atom. The second-order valence-corrected chi connectivity index (χ2v) is 7.08. The molecule has 0 aliphatic heterocycles. The second kappa shape index (κ2) is 3.60. The van der Waals surface area contributed by atoms with Gasteiger partial charge in [0.15, 0.2) is 0 Å². The Labute approximate surface area is 108 Å². The van der Waals surface area contributed by atoms with Crippen molar-refractivity contribution in [1.82, 2.24) is 4.98 Å². The Hall–Kier alpha value is -0.830. The minimum absolute atomic E-state index is 0.0135. The van der Waals surface area contributed by atoms with E-state index >= 15 is 0 Å². The van der Waals surface area contributed by atoms with E-state index in [0.717, 1.165) is 29.3 Å². The van der Waals surface area contributed by atoms with Crippen LogP contribution in [0.1, 0.15) is 56.2 Å². The summed E-state index contributed by atoms with van der Waals surface area (Å²) in [4.78, 5) is 4.48. The summed E-state index contributed by atoms with van der Waals surface area (Å²) in [6.07, 6.45) is 10.0. The molecule has 1 aromatic rings. The Bertz CT molecular complexity index is 430. The first-order chi connectivity index (χ1) is 8.64. The molecule has 0 saturated heterocycles. The quantitative estimate of drug-likeness (QED) is 0.871. The first-order valence-electron chi connectivity index (χ1n) is 7.32. The maximum atomic E-state index is 6.55. The van der Waals surface area contributed by atoms with Crippen LogP contribution in [0.25, 0.3) is 0 Å². The monoisotopic (exact) mass is 246 g/mol. The molecule has 3 heteroatoms. The van der Waals surface area contributed by atoms with Gasteiger partial charge in [0.25, 0.3) is 0 Å². The van der Waals surface area contributed by atoms with Crippen molar-refractivity contribution in [3.63, 3.8) is 0 Å². The van der Waals surface area contributed by atoms with Gasteiger partial charge in [0.05, 0.1) is 11.7 Å². The number of nitrogens with zero attached hydrogens (tertiary/aromatic N) is 1. The second-order valence-electron chi connectivity index (χ2n) is 7.08. The van der Waals surface area contributed by atoms with Crippen molar-refractivity contribution in [2.45, 2.75) is 51.5 Å². The van der Waals surface area contributed by atoms with Crippen LogP contribution in [0.15, 0.2) is 10.7 Å². The molecule has 0 aromatic carbocycles. The molecule has 4 saturated carbocycles. The summed E-state index contributed by atoms with van der Waals surface area (Å²) >= 11 is 0. The van der Waals surface area contributed by atoms with Crippen molar-refractivity contribution in [1.29, 1.82) is 0 Å². The molecule has 1 aromatic heterocycles. The van der Waals surface area contributed by atoms with E-state index in [2.05, 4.69) is 4.98 Å². The van der Waals surface area contributed by atoms with Crippen LogP contribution < -0.4 is 5.73 Å². The van der Waals surface area contributed by atoms with E-state index < -0.39 is 0 Å². The molecule has 2 N–H and O–H groups in total. The topological polar surface area (TPSA) is 52.0 Å². The molecule has 98 valence electrons. The van der Waals surface area contributed by atoms with Crippen LogP contribution in [0.3, 0.4) is 0 Å². The third-order valence-corrected chi connectivity index (χ3v) is 5.65. The first kappa shape index (κ1) is 11.0. The summed E-state index contributed by atoms with van der Waals surface area (Å²) in [6, 6.07) is 0.0135. The highest BCUT2D eigenvalue weighted by atomic mass is 16.3. The lowest BCUT2D eigenvalue weighted by molar-refractivity contribution is -0.0718. The number of hydrogen-bond donors (Lipinski definition) is 1. The van der Waals surface area contributed by atoms with Crippen LogP contribution >= 0.6 is 0 Å². The lowest BCUT2D eigenvalue weighted by Gasteiger charge is -2.58. The Morgan fingerprint density at radius 2 is 1.78 bits per heavy atom. The van der Waals surface area contributed by atoms with Gasteiger partial charge in [-0.3, -0.25) is 0 Å². The zero-order valence-corrected chi connectivity index (χ0v) is 11.1. The molecule has 4 bridgehead atoms. The summed E-state index contributed by atoms with van der Waals surface area (Å²) in [5, 5.41) is 0. The minimum Gasteiger partial charge on any atom is -0.447 e. The zero-order valence-electron chi connectivity index (χ0n) is 11.1. The van der Waals surface area contributed by atoms with E-state index in [9.17, 15) is 0 Å². The standard InChI is InChI=1S/C15H22N2O/c1-9-8-18-14(17-9)13(16)15-5-10-2-11(6-15)4-12(3-10)7-15/h8,10-13H,2-7,16H2,1H3. The Morgan fingerprint density at radius 1 is 1.22 bits per heavy atom. The smallest absolute Gasteiger partial charge is 0.211 e. The molecular formula is C15H22N2O. The molecule has 4 fully saturated rings. The van der Waals surface area contributed by atoms with Crippen molar-refractivity contribution >= 4 is 0 Å². The molecule has 18 heavy (non-hydrogen) atoms. The highest BCUT2D eigenvalue weighted by Gasteiger charge is 2.54. The van der Waals surface area contributed by atoms with Crippen LogP contribution in [0.2, 0.25) is 0 Å². The van der Waals surface area contributed by atoms with E-state index in [-0.39, 0.29) is 6.04 Å². The summed E-state index contributed by atoms with van der Waals surface area (Å²) < 4.78 is 5.58. The predicted molar refractivity (Wildman–Crippen MR) is 68.8 cm³/mol. The molecule has 0 radical (unpaired) electrons.